The number of hydrogen-bond acceptors (Lipinski definition) is 5. The maximum absolute atomic E-state index is 12.4. The van der Waals surface area contributed by atoms with E-state index < -0.39 is 14.9 Å². The first-order chi connectivity index (χ1) is 10.3. The number of rotatable bonds is 5. The highest BCUT2D eigenvalue weighted by molar-refractivity contribution is 7.89. The Morgan fingerprint density at radius 3 is 2.68 bits per heavy atom. The third-order valence-corrected chi connectivity index (χ3v) is 5.51. The van der Waals surface area contributed by atoms with E-state index in [1.165, 1.54) is 6.07 Å². The third-order valence-electron chi connectivity index (χ3n) is 3.94. The van der Waals surface area contributed by atoms with Crippen LogP contribution in [0.25, 0.3) is 0 Å². The fourth-order valence-electron chi connectivity index (χ4n) is 2.71. The van der Waals surface area contributed by atoms with Crippen LogP contribution >= 0.6 is 0 Å². The quantitative estimate of drug-likeness (QED) is 0.630. The predicted molar refractivity (Wildman–Crippen MR) is 83.4 cm³/mol. The number of nitro groups is 1. The molecule has 1 aromatic carbocycles. The van der Waals surface area contributed by atoms with Crippen molar-refractivity contribution >= 4 is 15.7 Å². The molecule has 2 rings (SSSR count). The van der Waals surface area contributed by atoms with Crippen molar-refractivity contribution in [2.24, 2.45) is 5.92 Å². The lowest BCUT2D eigenvalue weighted by Gasteiger charge is -2.23. The Hall–Kier alpha value is -1.51. The molecule has 1 aliphatic heterocycles. The molecule has 1 heterocycles. The first kappa shape index (κ1) is 16.9. The van der Waals surface area contributed by atoms with Crippen molar-refractivity contribution in [1.29, 1.82) is 0 Å². The standard InChI is InChI=1S/C14H21N3O4S/c1-10-6-11(2)14(7-13(10)17(18)19)22(20,21)16-9-12-4-3-5-15-8-12/h6-7,12,15-16H,3-5,8-9H2,1-2H3. The van der Waals surface area contributed by atoms with Gasteiger partial charge in [-0.15, -0.1) is 0 Å². The highest BCUT2D eigenvalue weighted by atomic mass is 32.2. The average Bonchev–Trinajstić information content (AvgIpc) is 2.45. The molecule has 1 unspecified atom stereocenters. The molecule has 7 nitrogen and oxygen atoms in total. The van der Waals surface area contributed by atoms with Crippen LogP contribution in [0.1, 0.15) is 24.0 Å². The van der Waals surface area contributed by atoms with Gasteiger partial charge in [0.1, 0.15) is 0 Å². The highest BCUT2D eigenvalue weighted by Gasteiger charge is 2.24. The Bertz CT molecular complexity index is 667. The number of nitrogens with one attached hydrogen (secondary N) is 2. The van der Waals surface area contributed by atoms with E-state index >= 15 is 0 Å². The molecule has 2 N–H and O–H groups in total. The van der Waals surface area contributed by atoms with Gasteiger partial charge in [0, 0.05) is 18.2 Å². The molecule has 0 aliphatic carbocycles. The minimum Gasteiger partial charge on any atom is -0.316 e. The topological polar surface area (TPSA) is 101 Å². The van der Waals surface area contributed by atoms with Crippen LogP contribution in [-0.4, -0.2) is 33.0 Å². The minimum absolute atomic E-state index is 0.0198. The van der Waals surface area contributed by atoms with Gasteiger partial charge in [0.15, 0.2) is 0 Å². The van der Waals surface area contributed by atoms with Gasteiger partial charge in [-0.05, 0) is 57.3 Å². The molecule has 1 aromatic rings. The second kappa shape index (κ2) is 6.72. The first-order valence-electron chi connectivity index (χ1n) is 7.27. The Balaban J connectivity index is 2.21. The van der Waals surface area contributed by atoms with E-state index in [1.54, 1.807) is 13.8 Å². The summed E-state index contributed by atoms with van der Waals surface area (Å²) < 4.78 is 27.4. The van der Waals surface area contributed by atoms with E-state index in [-0.39, 0.29) is 16.5 Å². The van der Waals surface area contributed by atoms with Crippen molar-refractivity contribution in [1.82, 2.24) is 10.0 Å². The van der Waals surface area contributed by atoms with Gasteiger partial charge < -0.3 is 5.32 Å². The Kier molecular flexibility index (Phi) is 5.15. The molecular weight excluding hydrogens is 306 g/mol. The number of sulfonamides is 1. The van der Waals surface area contributed by atoms with Gasteiger partial charge in [0.2, 0.25) is 10.0 Å². The van der Waals surface area contributed by atoms with E-state index in [4.69, 9.17) is 0 Å². The molecule has 0 aromatic heterocycles. The number of nitrogens with zero attached hydrogens (tertiary/aromatic N) is 1. The van der Waals surface area contributed by atoms with E-state index in [0.29, 0.717) is 17.7 Å². The maximum atomic E-state index is 12.4. The highest BCUT2D eigenvalue weighted by Crippen LogP contribution is 2.26. The summed E-state index contributed by atoms with van der Waals surface area (Å²) in [6.45, 7) is 5.34. The van der Waals surface area contributed by atoms with Crippen molar-refractivity contribution in [3.63, 3.8) is 0 Å². The van der Waals surface area contributed by atoms with E-state index in [2.05, 4.69) is 10.0 Å². The van der Waals surface area contributed by atoms with Crippen molar-refractivity contribution < 1.29 is 13.3 Å². The largest absolute Gasteiger partial charge is 0.316 e. The molecule has 0 amide bonds. The van der Waals surface area contributed by atoms with Crippen LogP contribution in [-0.2, 0) is 10.0 Å². The summed E-state index contributed by atoms with van der Waals surface area (Å²) in [6, 6.07) is 2.68. The monoisotopic (exact) mass is 327 g/mol. The van der Waals surface area contributed by atoms with Gasteiger partial charge in [0.05, 0.1) is 9.82 Å². The van der Waals surface area contributed by atoms with Crippen LogP contribution in [0.15, 0.2) is 17.0 Å². The van der Waals surface area contributed by atoms with Crippen molar-refractivity contribution in [2.75, 3.05) is 19.6 Å². The number of benzene rings is 1. The Morgan fingerprint density at radius 1 is 1.36 bits per heavy atom. The van der Waals surface area contributed by atoms with Gasteiger partial charge in [-0.2, -0.15) is 0 Å². The molecular formula is C14H21N3O4S. The first-order valence-corrected chi connectivity index (χ1v) is 8.75. The summed E-state index contributed by atoms with van der Waals surface area (Å²) in [5, 5.41) is 14.2. The van der Waals surface area contributed by atoms with Gasteiger partial charge in [-0.1, -0.05) is 0 Å². The van der Waals surface area contributed by atoms with Gasteiger partial charge >= 0.3 is 0 Å². The maximum Gasteiger partial charge on any atom is 0.273 e. The number of piperidine rings is 1. The Labute approximate surface area is 130 Å². The third kappa shape index (κ3) is 3.82. The normalized spacial score (nSPS) is 19.1. The second-order valence-corrected chi connectivity index (χ2v) is 7.46. The number of nitro benzene ring substituents is 1. The number of hydrogen-bond donors (Lipinski definition) is 2. The smallest absolute Gasteiger partial charge is 0.273 e. The summed E-state index contributed by atoms with van der Waals surface area (Å²) >= 11 is 0. The molecule has 1 saturated heterocycles. The lowest BCUT2D eigenvalue weighted by Crippen LogP contribution is -2.38. The molecule has 0 radical (unpaired) electrons. The lowest BCUT2D eigenvalue weighted by atomic mass is 10.0. The van der Waals surface area contributed by atoms with Crippen LogP contribution in [0.4, 0.5) is 5.69 Å². The number of aryl methyl sites for hydroxylation is 2. The lowest BCUT2D eigenvalue weighted by molar-refractivity contribution is -0.385. The summed E-state index contributed by atoms with van der Waals surface area (Å²) in [6.07, 6.45) is 2.00. The molecule has 122 valence electrons. The summed E-state index contributed by atoms with van der Waals surface area (Å²) in [5.41, 5.74) is 0.792. The molecule has 22 heavy (non-hydrogen) atoms. The van der Waals surface area contributed by atoms with Gasteiger partial charge in [0.25, 0.3) is 5.69 Å². The summed E-state index contributed by atoms with van der Waals surface area (Å²) in [5.74, 6) is 0.254. The molecule has 1 aliphatic rings. The average molecular weight is 327 g/mol. The van der Waals surface area contributed by atoms with Crippen LogP contribution in [0, 0.1) is 29.9 Å². The van der Waals surface area contributed by atoms with Crippen molar-refractivity contribution in [3.8, 4) is 0 Å². The van der Waals surface area contributed by atoms with Crippen LogP contribution in [0.2, 0.25) is 0 Å². The van der Waals surface area contributed by atoms with Gasteiger partial charge in [-0.3, -0.25) is 10.1 Å². The van der Waals surface area contributed by atoms with Crippen LogP contribution in [0.3, 0.4) is 0 Å². The van der Waals surface area contributed by atoms with Crippen molar-refractivity contribution in [3.05, 3.63) is 33.4 Å². The zero-order valence-corrected chi connectivity index (χ0v) is 13.6. The molecule has 0 saturated carbocycles. The molecule has 1 fully saturated rings. The van der Waals surface area contributed by atoms with Crippen LogP contribution in [0.5, 0.6) is 0 Å². The fraction of sp³-hybridized carbons (Fsp3) is 0.571. The fourth-order valence-corrected chi connectivity index (χ4v) is 4.07. The minimum atomic E-state index is -3.75. The van der Waals surface area contributed by atoms with Crippen molar-refractivity contribution in [2.45, 2.75) is 31.6 Å². The SMILES string of the molecule is Cc1cc(C)c(S(=O)(=O)NCC2CCCNC2)cc1[N+](=O)[O-]. The second-order valence-electron chi connectivity index (χ2n) is 5.73. The van der Waals surface area contributed by atoms with Crippen LogP contribution < -0.4 is 10.0 Å². The van der Waals surface area contributed by atoms with E-state index in [0.717, 1.165) is 32.0 Å². The molecule has 1 atom stereocenters. The summed E-state index contributed by atoms with van der Waals surface area (Å²) in [4.78, 5) is 10.4. The molecule has 0 bridgehead atoms. The Morgan fingerprint density at radius 2 is 2.09 bits per heavy atom. The van der Waals surface area contributed by atoms with E-state index in [9.17, 15) is 18.5 Å². The van der Waals surface area contributed by atoms with E-state index in [1.807, 2.05) is 0 Å². The summed E-state index contributed by atoms with van der Waals surface area (Å²) in [7, 11) is -3.75. The zero-order chi connectivity index (χ0) is 16.3. The predicted octanol–water partition coefficient (Wildman–Crippen LogP) is 1.49. The molecule has 0 spiro atoms. The zero-order valence-electron chi connectivity index (χ0n) is 12.8. The van der Waals surface area contributed by atoms with Gasteiger partial charge in [-0.25, -0.2) is 13.1 Å². The molecule has 8 heteroatoms.